The van der Waals surface area contributed by atoms with Crippen molar-refractivity contribution in [2.45, 2.75) is 500 Å². The van der Waals surface area contributed by atoms with Gasteiger partial charge in [0.15, 0.2) is 56.1 Å². The Balaban J connectivity index is 0.000000317. The topological polar surface area (TPSA) is 521 Å². The second-order valence-electron chi connectivity index (χ2n) is 40.4. The van der Waals surface area contributed by atoms with Gasteiger partial charge in [0.25, 0.3) is 0 Å². The Morgan fingerprint density at radius 2 is 0.571 bits per heavy atom. The zero-order valence-corrected chi connectivity index (χ0v) is 81.8. The van der Waals surface area contributed by atoms with Crippen LogP contribution in [0.2, 0.25) is 0 Å². The molecule has 42 atom stereocenters. The predicted molar refractivity (Wildman–Crippen MR) is 516 cm³/mol. The summed E-state index contributed by atoms with van der Waals surface area (Å²) in [6, 6.07) is 0. The Labute approximate surface area is 832 Å². The molecule has 0 aromatic carbocycles. The molecule has 6 saturated carbocycles. The molecule has 0 radical (unpaired) electrons. The first-order valence-corrected chi connectivity index (χ1v) is 51.0. The van der Waals surface area contributed by atoms with Gasteiger partial charge in [-0.2, -0.15) is 0 Å². The van der Waals surface area contributed by atoms with E-state index in [4.69, 9.17) is 85.3 Å². The number of esters is 3. The van der Waals surface area contributed by atoms with E-state index in [9.17, 15) is 91.0 Å². The van der Waals surface area contributed by atoms with E-state index in [1.54, 1.807) is 63.3 Å². The fraction of sp³-hybridized carbons (Fsp3) is 0.894. The van der Waals surface area contributed by atoms with Crippen molar-refractivity contribution in [3.63, 3.8) is 0 Å². The van der Waals surface area contributed by atoms with E-state index in [-0.39, 0.29) is 73.2 Å². The molecule has 6 aliphatic carbocycles. The lowest BCUT2D eigenvalue weighted by atomic mass is 9.84. The average Bonchev–Trinajstić information content (AvgIpc) is 0.786. The highest BCUT2D eigenvalue weighted by molar-refractivity contribution is 5.75. The molecule has 12 fully saturated rings. The Morgan fingerprint density at radius 1 is 0.307 bits per heavy atom. The fourth-order valence-corrected chi connectivity index (χ4v) is 21.6. The smallest absolute Gasteiger partial charge is 0.335 e. The second kappa shape index (κ2) is 62.0. The van der Waals surface area contributed by atoms with E-state index < -0.39 is 276 Å². The van der Waals surface area contributed by atoms with Crippen molar-refractivity contribution < 1.29 is 176 Å². The van der Waals surface area contributed by atoms with E-state index >= 15 is 0 Å². The summed E-state index contributed by atoms with van der Waals surface area (Å²) in [4.78, 5) is 39.8. The SMILES string of the molecule is C.C.C.C.C=CC1C(OC2CCCC(C)C2OC2OC(C)C(O)C(O)C2O)OC(CO)C(O)C1O[C@@H](CC1CCCCC1)C(=O)OCC=CC.CC=CCOC(=O)[C@H](CC1CCCCC1)OC1C(C)C(OC2CCCC(C)C2OC2OC(C)C(O)C(O)C2O)OC(CO)C1O.CC=CCOC(=O)[C@H](CC1CCCCC1)OC1C(C)C(OC2CCCC(C)C2OC2OC(C)C(O)C(O)C2O)OC(CO)C1O. The zero-order valence-electron chi connectivity index (χ0n) is 81.8. The summed E-state index contributed by atoms with van der Waals surface area (Å²) in [5, 5.41) is 157. The van der Waals surface area contributed by atoms with Gasteiger partial charge in [-0.3, -0.25) is 0 Å². The molecule has 0 spiro atoms. The summed E-state index contributed by atoms with van der Waals surface area (Å²) in [6.45, 7) is 22.9. The number of allylic oxidation sites excluding steroid dienone is 3. The second-order valence-corrected chi connectivity index (χ2v) is 40.4. The molecule has 6 heterocycles. The molecular weight excluding hydrogens is 1830 g/mol. The minimum Gasteiger partial charge on any atom is -0.460 e. The average molecular weight is 2010 g/mol. The number of ether oxygens (including phenoxy) is 18. The number of hydrogen-bond acceptors (Lipinski definition) is 36. The summed E-state index contributed by atoms with van der Waals surface area (Å²) in [7, 11) is 0. The highest BCUT2D eigenvalue weighted by Gasteiger charge is 2.56. The monoisotopic (exact) mass is 2010 g/mol. The standard InChI is InChI=1S/C34H56O12.2C33H56O12.4CH4/c1-5-7-16-41-32(40)24(17-21-13-9-8-10-14-21)43-31-22(6-2)33(45-25(18-35)27(31)37)44-23-15-11-12-19(3)30(23)46-34-29(39)28(38)26(36)20(4)42-34;2*1-5-6-15-40-31(39)23(16-21-12-8-7-9-13-21)42-30-19(3)32(44-24(17-34)26(30)36)43-22-14-10-11-18(2)29(22)45-33-28(38)27(37)25(35)20(4)41-33;;;;/h5-7,19-31,33-39H,2,8-18H2,1,3-4H3;2*5-6,18-30,32-38H,7-17H2,1-4H3;4*1H4/t19?,20?,22?,23?,24-,25?,26?,27?,28?,29?,30?,31?,33?,34?;2*18?,19?,20?,22?,23-,24?,25?,26?,27?,28?,29?,30?,32?,33?;;;;/m000..../s1. The number of rotatable bonds is 37. The third kappa shape index (κ3) is 33.8. The Morgan fingerprint density at radius 3 is 0.843 bits per heavy atom. The van der Waals surface area contributed by atoms with E-state index in [0.29, 0.717) is 50.4 Å². The van der Waals surface area contributed by atoms with Crippen LogP contribution in [0.5, 0.6) is 0 Å². The number of carbonyl (C=O) groups is 3. The largest absolute Gasteiger partial charge is 0.460 e. The van der Waals surface area contributed by atoms with Gasteiger partial charge in [-0.15, -0.1) is 6.58 Å². The maximum absolute atomic E-state index is 13.3. The summed E-state index contributed by atoms with van der Waals surface area (Å²) in [6.07, 6.45) is 0.213. The number of aliphatic hydroxyl groups excluding tert-OH is 15. The molecule has 12 aliphatic rings. The summed E-state index contributed by atoms with van der Waals surface area (Å²) in [5.74, 6) is -2.35. The number of carbonyl (C=O) groups excluding carboxylic acids is 3. The molecule has 12 rings (SSSR count). The van der Waals surface area contributed by atoms with Gasteiger partial charge in [-0.05, 0) is 135 Å². The molecule has 140 heavy (non-hydrogen) atoms. The molecule has 39 unspecified atom stereocenters. The van der Waals surface area contributed by atoms with E-state index in [2.05, 4.69) is 6.58 Å². The molecule has 0 aromatic heterocycles. The normalized spacial score (nSPS) is 41.0. The Bertz CT molecular complexity index is 3390. The van der Waals surface area contributed by atoms with Gasteiger partial charge in [0.1, 0.15) is 111 Å². The molecule has 816 valence electrons. The Hall–Kier alpha value is -3.83. The van der Waals surface area contributed by atoms with Gasteiger partial charge in [0.05, 0.1) is 99.0 Å². The molecule has 36 nitrogen and oxygen atoms in total. The van der Waals surface area contributed by atoms with Crippen molar-refractivity contribution in [1.29, 1.82) is 0 Å². The summed E-state index contributed by atoms with van der Waals surface area (Å²) < 4.78 is 110. The maximum atomic E-state index is 13.3. The molecule has 0 bridgehead atoms. The molecule has 0 aromatic rings. The van der Waals surface area contributed by atoms with Crippen molar-refractivity contribution >= 4 is 17.9 Å². The zero-order chi connectivity index (χ0) is 98.7. The van der Waals surface area contributed by atoms with Crippen LogP contribution in [0.4, 0.5) is 0 Å². The van der Waals surface area contributed by atoms with Gasteiger partial charge in [0.2, 0.25) is 0 Å². The van der Waals surface area contributed by atoms with Crippen molar-refractivity contribution in [2.75, 3.05) is 39.6 Å². The lowest BCUT2D eigenvalue weighted by Crippen LogP contribution is -2.60. The molecular formula is C104H184O36. The highest BCUT2D eigenvalue weighted by Crippen LogP contribution is 2.45. The van der Waals surface area contributed by atoms with Gasteiger partial charge < -0.3 is 162 Å². The molecule has 6 saturated heterocycles. The fourth-order valence-electron chi connectivity index (χ4n) is 21.6. The van der Waals surface area contributed by atoms with Gasteiger partial charge in [0, 0.05) is 11.8 Å². The van der Waals surface area contributed by atoms with Crippen LogP contribution in [0.15, 0.2) is 49.1 Å². The summed E-state index contributed by atoms with van der Waals surface area (Å²) >= 11 is 0. The van der Waals surface area contributed by atoms with Crippen LogP contribution in [0.3, 0.4) is 0 Å². The predicted octanol–water partition coefficient (Wildman–Crippen LogP) is 8.60. The molecule has 6 aliphatic heterocycles. The summed E-state index contributed by atoms with van der Waals surface area (Å²) in [5.41, 5.74) is 0. The number of aliphatic hydroxyl groups is 15. The lowest BCUT2D eigenvalue weighted by molar-refractivity contribution is -0.341. The van der Waals surface area contributed by atoms with Crippen LogP contribution in [0, 0.1) is 53.3 Å². The molecule has 36 heteroatoms. The van der Waals surface area contributed by atoms with E-state index in [0.717, 1.165) is 116 Å². The van der Waals surface area contributed by atoms with Crippen LogP contribution in [0.25, 0.3) is 0 Å². The van der Waals surface area contributed by atoms with Gasteiger partial charge in [-0.1, -0.05) is 222 Å². The van der Waals surface area contributed by atoms with Crippen molar-refractivity contribution in [3.8, 4) is 0 Å². The third-order valence-corrected chi connectivity index (χ3v) is 30.2. The van der Waals surface area contributed by atoms with E-state index in [1.165, 1.54) is 19.3 Å². The minimum atomic E-state index is -1.46. The Kier molecular flexibility index (Phi) is 55.3. The molecule has 0 amide bonds. The van der Waals surface area contributed by atoms with Crippen LogP contribution in [0.1, 0.15) is 279 Å². The van der Waals surface area contributed by atoms with Crippen LogP contribution in [-0.2, 0) is 99.6 Å². The van der Waals surface area contributed by atoms with Crippen molar-refractivity contribution in [1.82, 2.24) is 0 Å². The first-order valence-electron chi connectivity index (χ1n) is 51.0. The highest BCUT2D eigenvalue weighted by atomic mass is 16.8. The van der Waals surface area contributed by atoms with Crippen LogP contribution < -0.4 is 0 Å². The van der Waals surface area contributed by atoms with Gasteiger partial charge >= 0.3 is 17.9 Å². The molecule has 15 N–H and O–H groups in total. The van der Waals surface area contributed by atoms with Crippen LogP contribution >= 0.6 is 0 Å². The van der Waals surface area contributed by atoms with Gasteiger partial charge in [-0.25, -0.2) is 14.4 Å². The minimum absolute atomic E-state index is 0. The quantitative estimate of drug-likeness (QED) is 0.0157. The van der Waals surface area contributed by atoms with Crippen molar-refractivity contribution in [2.24, 2.45) is 53.3 Å². The first kappa shape index (κ1) is 125. The first-order chi connectivity index (χ1) is 65.2. The van der Waals surface area contributed by atoms with E-state index in [1.807, 2.05) is 55.4 Å². The number of hydrogen-bond donors (Lipinski definition) is 15. The third-order valence-electron chi connectivity index (χ3n) is 30.2. The lowest BCUT2D eigenvalue weighted by Gasteiger charge is -2.47. The maximum Gasteiger partial charge on any atom is 0.335 e. The van der Waals surface area contributed by atoms with Crippen molar-refractivity contribution in [3.05, 3.63) is 49.1 Å². The van der Waals surface area contributed by atoms with Crippen LogP contribution in [-0.4, -0.2) is 355 Å².